The van der Waals surface area contributed by atoms with Crippen LogP contribution >= 0.6 is 0 Å². The minimum absolute atomic E-state index is 0.131. The monoisotopic (exact) mass is 396 g/mol. The maximum absolute atomic E-state index is 12.3. The Morgan fingerprint density at radius 3 is 2.38 bits per heavy atom. The first-order valence-electron chi connectivity index (χ1n) is 8.66. The quantitative estimate of drug-likeness (QED) is 0.364. The Hall–Kier alpha value is -3.86. The number of esters is 1. The third-order valence-electron chi connectivity index (χ3n) is 3.87. The Labute approximate surface area is 168 Å². The zero-order chi connectivity index (χ0) is 21.2. The number of Topliss-reactive ketones (excluding diaryl/α,β-unsaturated/α-hetero) is 1. The third-order valence-corrected chi connectivity index (χ3v) is 3.87. The second-order valence-corrected chi connectivity index (χ2v) is 5.84. The van der Waals surface area contributed by atoms with Crippen LogP contribution in [0.25, 0.3) is 0 Å². The number of methoxy groups -OCH3 is 1. The highest BCUT2D eigenvalue weighted by atomic mass is 16.6. The van der Waals surface area contributed by atoms with Crippen molar-refractivity contribution in [2.75, 3.05) is 31.8 Å². The summed E-state index contributed by atoms with van der Waals surface area (Å²) in [5.41, 5.74) is 0.975. The number of benzene rings is 2. The number of hydrogen-bond donors (Lipinski definition) is 0. The average Bonchev–Trinajstić information content (AvgIpc) is 2.74. The molecule has 0 saturated carbocycles. The Morgan fingerprint density at radius 1 is 1.03 bits per heavy atom. The highest BCUT2D eigenvalue weighted by Crippen LogP contribution is 2.28. The highest BCUT2D eigenvalue weighted by molar-refractivity contribution is 5.96. The Kier molecular flexibility index (Phi) is 7.74. The molecule has 8 heteroatoms. The number of para-hydroxylation sites is 1. The normalized spacial score (nSPS) is 9.83. The van der Waals surface area contributed by atoms with Crippen molar-refractivity contribution in [3.63, 3.8) is 0 Å². The fraction of sp³-hybridized carbons (Fsp3) is 0.238. The molecule has 0 aliphatic rings. The summed E-state index contributed by atoms with van der Waals surface area (Å²) in [6.07, 6.45) is 0. The van der Waals surface area contributed by atoms with Gasteiger partial charge in [0, 0.05) is 11.3 Å². The summed E-state index contributed by atoms with van der Waals surface area (Å²) < 4.78 is 15.5. The van der Waals surface area contributed by atoms with Gasteiger partial charge in [0.05, 0.1) is 13.2 Å². The van der Waals surface area contributed by atoms with E-state index in [-0.39, 0.29) is 18.1 Å². The molecule has 0 fully saturated rings. The van der Waals surface area contributed by atoms with E-state index in [0.29, 0.717) is 17.0 Å². The number of ketones is 1. The molecule has 29 heavy (non-hydrogen) atoms. The number of rotatable bonds is 9. The van der Waals surface area contributed by atoms with Gasteiger partial charge < -0.3 is 14.2 Å². The van der Waals surface area contributed by atoms with E-state index in [1.165, 1.54) is 31.1 Å². The lowest BCUT2D eigenvalue weighted by Crippen LogP contribution is -2.35. The predicted molar refractivity (Wildman–Crippen MR) is 104 cm³/mol. The lowest BCUT2D eigenvalue weighted by atomic mass is 10.1. The van der Waals surface area contributed by atoms with Crippen LogP contribution in [0.4, 0.5) is 5.69 Å². The fourth-order valence-electron chi connectivity index (χ4n) is 2.41. The summed E-state index contributed by atoms with van der Waals surface area (Å²) in [5, 5.41) is 8.93. The molecule has 0 spiro atoms. The SMILES string of the molecule is COc1cc(C(C)=O)ccc1OCC(=O)OCC(=O)N(CC#N)c1ccccc1. The zero-order valence-electron chi connectivity index (χ0n) is 16.1. The molecule has 8 nitrogen and oxygen atoms in total. The average molecular weight is 396 g/mol. The number of ether oxygens (including phenoxy) is 3. The summed E-state index contributed by atoms with van der Waals surface area (Å²) >= 11 is 0. The minimum atomic E-state index is -0.763. The van der Waals surface area contributed by atoms with Crippen molar-refractivity contribution in [3.8, 4) is 17.6 Å². The molecule has 0 unspecified atom stereocenters. The third kappa shape index (κ3) is 6.07. The van der Waals surface area contributed by atoms with Crippen molar-refractivity contribution in [1.82, 2.24) is 0 Å². The van der Waals surface area contributed by atoms with Crippen molar-refractivity contribution in [1.29, 1.82) is 5.26 Å². The number of carbonyl (C=O) groups excluding carboxylic acids is 3. The topological polar surface area (TPSA) is 106 Å². The number of anilines is 1. The largest absolute Gasteiger partial charge is 0.493 e. The first-order valence-corrected chi connectivity index (χ1v) is 8.66. The maximum atomic E-state index is 12.3. The van der Waals surface area contributed by atoms with E-state index in [0.717, 1.165) is 0 Å². The van der Waals surface area contributed by atoms with Gasteiger partial charge in [0.1, 0.15) is 6.54 Å². The van der Waals surface area contributed by atoms with Crippen LogP contribution in [0.15, 0.2) is 48.5 Å². The highest BCUT2D eigenvalue weighted by Gasteiger charge is 2.18. The van der Waals surface area contributed by atoms with Crippen LogP contribution in [0.2, 0.25) is 0 Å². The molecule has 0 saturated heterocycles. The van der Waals surface area contributed by atoms with Crippen molar-refractivity contribution in [2.24, 2.45) is 0 Å². The standard InChI is InChI=1S/C21H20N2O6/c1-15(24)16-8-9-18(19(12-16)27-2)28-14-21(26)29-13-20(25)23(11-10-22)17-6-4-3-5-7-17/h3-9,12H,11,13-14H2,1-2H3. The summed E-state index contributed by atoms with van der Waals surface area (Å²) in [6.45, 7) is 0.275. The van der Waals surface area contributed by atoms with Gasteiger partial charge in [-0.3, -0.25) is 14.5 Å². The molecule has 1 amide bonds. The second-order valence-electron chi connectivity index (χ2n) is 5.84. The Bertz CT molecular complexity index is 921. The van der Waals surface area contributed by atoms with E-state index in [2.05, 4.69) is 0 Å². The van der Waals surface area contributed by atoms with Crippen LogP contribution in [-0.4, -0.2) is 44.5 Å². The minimum Gasteiger partial charge on any atom is -0.493 e. The van der Waals surface area contributed by atoms with Crippen LogP contribution in [0.3, 0.4) is 0 Å². The van der Waals surface area contributed by atoms with E-state index >= 15 is 0 Å². The van der Waals surface area contributed by atoms with E-state index in [4.69, 9.17) is 19.5 Å². The first kappa shape index (κ1) is 21.4. The molecule has 0 aliphatic carbocycles. The van der Waals surface area contributed by atoms with Crippen LogP contribution in [0.1, 0.15) is 17.3 Å². The molecule has 0 bridgehead atoms. The fourth-order valence-corrected chi connectivity index (χ4v) is 2.41. The van der Waals surface area contributed by atoms with Crippen molar-refractivity contribution in [3.05, 3.63) is 54.1 Å². The van der Waals surface area contributed by atoms with Gasteiger partial charge in [-0.15, -0.1) is 0 Å². The van der Waals surface area contributed by atoms with Crippen molar-refractivity contribution < 1.29 is 28.6 Å². The maximum Gasteiger partial charge on any atom is 0.344 e. The van der Waals surface area contributed by atoms with Gasteiger partial charge in [-0.2, -0.15) is 5.26 Å². The summed E-state index contributed by atoms with van der Waals surface area (Å²) in [4.78, 5) is 36.9. The zero-order valence-corrected chi connectivity index (χ0v) is 16.1. The van der Waals surface area contributed by atoms with Crippen molar-refractivity contribution in [2.45, 2.75) is 6.92 Å². The molecule has 0 radical (unpaired) electrons. The molecule has 2 rings (SSSR count). The summed E-state index contributed by atoms with van der Waals surface area (Å²) in [6, 6.07) is 15.1. The molecule has 150 valence electrons. The smallest absolute Gasteiger partial charge is 0.344 e. The number of carbonyl (C=O) groups is 3. The lowest BCUT2D eigenvalue weighted by Gasteiger charge is -2.19. The molecule has 0 aliphatic heterocycles. The van der Waals surface area contributed by atoms with E-state index < -0.39 is 25.1 Å². The van der Waals surface area contributed by atoms with Crippen LogP contribution < -0.4 is 14.4 Å². The molecule has 0 atom stereocenters. The van der Waals surface area contributed by atoms with Crippen LogP contribution in [0, 0.1) is 11.3 Å². The summed E-state index contributed by atoms with van der Waals surface area (Å²) in [7, 11) is 1.41. The molecular weight excluding hydrogens is 376 g/mol. The Morgan fingerprint density at radius 2 is 1.76 bits per heavy atom. The van der Waals surface area contributed by atoms with Crippen molar-refractivity contribution >= 4 is 23.3 Å². The lowest BCUT2D eigenvalue weighted by molar-refractivity contribution is -0.149. The number of nitriles is 1. The van der Waals surface area contributed by atoms with Gasteiger partial charge in [-0.05, 0) is 37.3 Å². The van der Waals surface area contributed by atoms with E-state index in [1.807, 2.05) is 6.07 Å². The molecule has 2 aromatic rings. The summed E-state index contributed by atoms with van der Waals surface area (Å²) in [5.74, 6) is -0.870. The predicted octanol–water partition coefficient (Wildman–Crippen LogP) is 2.38. The van der Waals surface area contributed by atoms with Gasteiger partial charge in [-0.1, -0.05) is 18.2 Å². The molecule has 0 aromatic heterocycles. The van der Waals surface area contributed by atoms with Gasteiger partial charge in [0.25, 0.3) is 5.91 Å². The molecule has 0 N–H and O–H groups in total. The van der Waals surface area contributed by atoms with Gasteiger partial charge in [0.2, 0.25) is 0 Å². The first-order chi connectivity index (χ1) is 14.0. The van der Waals surface area contributed by atoms with Crippen LogP contribution in [-0.2, 0) is 14.3 Å². The molecule has 2 aromatic carbocycles. The van der Waals surface area contributed by atoms with Gasteiger partial charge >= 0.3 is 5.97 Å². The van der Waals surface area contributed by atoms with Gasteiger partial charge in [0.15, 0.2) is 30.5 Å². The molecule has 0 heterocycles. The van der Waals surface area contributed by atoms with E-state index in [1.54, 1.807) is 36.4 Å². The number of hydrogen-bond acceptors (Lipinski definition) is 7. The Balaban J connectivity index is 1.92. The second kappa shape index (κ2) is 10.5. The molecular formula is C21H20N2O6. The van der Waals surface area contributed by atoms with E-state index in [9.17, 15) is 14.4 Å². The number of nitrogens with zero attached hydrogens (tertiary/aromatic N) is 2. The van der Waals surface area contributed by atoms with Crippen LogP contribution in [0.5, 0.6) is 11.5 Å². The number of amides is 1. The van der Waals surface area contributed by atoms with Gasteiger partial charge in [-0.25, -0.2) is 4.79 Å².